The summed E-state index contributed by atoms with van der Waals surface area (Å²) in [5.41, 5.74) is 2.68. The predicted octanol–water partition coefficient (Wildman–Crippen LogP) is 4.13. The van der Waals surface area contributed by atoms with E-state index in [9.17, 15) is 27.9 Å². The average Bonchev–Trinajstić information content (AvgIpc) is 3.79. The number of piperazine rings is 1. The summed E-state index contributed by atoms with van der Waals surface area (Å²) in [6.45, 7) is 8.57. The molecule has 0 spiro atoms. The first-order chi connectivity index (χ1) is 25.0. The van der Waals surface area contributed by atoms with Gasteiger partial charge in [0.2, 0.25) is 17.5 Å². The standard InChI is InChI=1S/C32H40BrN5O5.C6H6O3S/c1-16(2)12-24-29(40)37-11-7-10-25(37)32(42)38(24)30(41)31(43-32,17(3)4)35-28(39)18-13-20-19-8-6-9-22-26(19)21(27(33)34-22)14-23(20)36(5)15-18;7-10(8,9)6-4-2-1-3-5-6/h6,8-9,13,16-18,23-25,34,42H,7,10-12,14-15H2,1-5H3,(H,35,39);1-5H,(H,7,8,9)/t18-,23-,24+,25+,31-,32+;/m1./s1. The van der Waals surface area contributed by atoms with Crippen molar-refractivity contribution in [3.63, 3.8) is 0 Å². The minimum absolute atomic E-state index is 0.0741. The highest BCUT2D eigenvalue weighted by Crippen LogP contribution is 2.49. The number of likely N-dealkylation sites (N-methyl/N-ethyl adjacent to an activating group) is 1. The van der Waals surface area contributed by atoms with Crippen molar-refractivity contribution in [2.75, 3.05) is 20.1 Å². The largest absolute Gasteiger partial charge is 0.349 e. The lowest BCUT2D eigenvalue weighted by molar-refractivity contribution is -0.322. The predicted molar refractivity (Wildman–Crippen MR) is 200 cm³/mol. The first-order valence-corrected chi connectivity index (χ1v) is 20.3. The van der Waals surface area contributed by atoms with Crippen LogP contribution in [0.25, 0.3) is 16.5 Å². The Morgan fingerprint density at radius 2 is 1.83 bits per heavy atom. The van der Waals surface area contributed by atoms with Crippen LogP contribution in [0, 0.1) is 17.8 Å². The minimum atomic E-state index is -4.00. The van der Waals surface area contributed by atoms with E-state index in [4.69, 9.17) is 9.29 Å². The first kappa shape index (κ1) is 37.7. The Labute approximate surface area is 317 Å². The molecule has 284 valence electrons. The summed E-state index contributed by atoms with van der Waals surface area (Å²) in [6.07, 6.45) is 4.49. The van der Waals surface area contributed by atoms with Crippen LogP contribution in [0.1, 0.15) is 58.1 Å². The zero-order valence-electron chi connectivity index (χ0n) is 30.4. The molecule has 1 aliphatic carbocycles. The summed E-state index contributed by atoms with van der Waals surface area (Å²) >= 11 is 3.70. The first-order valence-electron chi connectivity index (χ1n) is 18.1. The Morgan fingerprint density at radius 1 is 1.11 bits per heavy atom. The van der Waals surface area contributed by atoms with Gasteiger partial charge in [0.15, 0.2) is 0 Å². The van der Waals surface area contributed by atoms with Crippen LogP contribution in [0.5, 0.6) is 0 Å². The number of aliphatic hydroxyl groups is 1. The summed E-state index contributed by atoms with van der Waals surface area (Å²) < 4.78 is 36.7. The van der Waals surface area contributed by atoms with Gasteiger partial charge in [0.1, 0.15) is 12.1 Å². The normalized spacial score (nSPS) is 29.5. The highest BCUT2D eigenvalue weighted by Gasteiger charge is 2.72. The molecule has 0 radical (unpaired) electrons. The van der Waals surface area contributed by atoms with Crippen molar-refractivity contribution in [1.29, 1.82) is 0 Å². The molecule has 5 heterocycles. The molecule has 6 atom stereocenters. The fourth-order valence-electron chi connectivity index (χ4n) is 8.74. The number of carbonyl (C=O) groups excluding carboxylic acids is 3. The second kappa shape index (κ2) is 13.6. The van der Waals surface area contributed by atoms with Crippen molar-refractivity contribution in [3.8, 4) is 0 Å². The van der Waals surface area contributed by atoms with E-state index in [0.29, 0.717) is 25.9 Å². The van der Waals surface area contributed by atoms with E-state index in [1.54, 1.807) is 36.9 Å². The molecule has 53 heavy (non-hydrogen) atoms. The molecular formula is C38H46BrN5O8S. The van der Waals surface area contributed by atoms with Crippen molar-refractivity contribution in [2.24, 2.45) is 17.8 Å². The fourth-order valence-corrected chi connectivity index (χ4v) is 9.81. The van der Waals surface area contributed by atoms with Gasteiger partial charge in [0.25, 0.3) is 21.9 Å². The maximum Gasteiger partial charge on any atom is 0.294 e. The smallest absolute Gasteiger partial charge is 0.294 e. The third-order valence-electron chi connectivity index (χ3n) is 11.3. The number of nitrogens with one attached hydrogen (secondary N) is 2. The molecule has 3 aromatic rings. The summed E-state index contributed by atoms with van der Waals surface area (Å²) in [5, 5.41) is 16.3. The monoisotopic (exact) mass is 811 g/mol. The van der Waals surface area contributed by atoms with Gasteiger partial charge in [0, 0.05) is 36.0 Å². The Hall–Kier alpha value is -3.60. The van der Waals surface area contributed by atoms with E-state index in [0.717, 1.165) is 34.1 Å². The van der Waals surface area contributed by atoms with Crippen molar-refractivity contribution in [1.82, 2.24) is 25.0 Å². The van der Waals surface area contributed by atoms with E-state index in [1.165, 1.54) is 28.0 Å². The molecule has 3 amide bonds. The number of fused-ring (bicyclic) bond motifs is 5. The minimum Gasteiger partial charge on any atom is -0.349 e. The van der Waals surface area contributed by atoms with Crippen molar-refractivity contribution >= 4 is 60.2 Å². The average molecular weight is 813 g/mol. The van der Waals surface area contributed by atoms with E-state index in [-0.39, 0.29) is 28.7 Å². The van der Waals surface area contributed by atoms with E-state index >= 15 is 0 Å². The molecule has 3 saturated heterocycles. The summed E-state index contributed by atoms with van der Waals surface area (Å²) in [5.74, 6) is -4.01. The van der Waals surface area contributed by atoms with Gasteiger partial charge in [-0.05, 0) is 89.5 Å². The quantitative estimate of drug-likeness (QED) is 0.267. The third-order valence-corrected chi connectivity index (χ3v) is 12.8. The van der Waals surface area contributed by atoms with Crippen molar-refractivity contribution in [3.05, 3.63) is 70.3 Å². The molecule has 4 aliphatic heterocycles. The van der Waals surface area contributed by atoms with Gasteiger partial charge in [-0.1, -0.05) is 64.1 Å². The van der Waals surface area contributed by atoms with E-state index in [2.05, 4.69) is 43.3 Å². The number of aromatic nitrogens is 1. The molecular weight excluding hydrogens is 766 g/mol. The van der Waals surface area contributed by atoms with Crippen LogP contribution >= 0.6 is 15.9 Å². The molecule has 4 N–H and O–H groups in total. The van der Waals surface area contributed by atoms with Crippen LogP contribution in [0.2, 0.25) is 0 Å². The molecule has 0 saturated carbocycles. The van der Waals surface area contributed by atoms with Crippen molar-refractivity contribution in [2.45, 2.75) is 88.0 Å². The number of ether oxygens (including phenoxy) is 1. The number of rotatable bonds is 6. The topological polar surface area (TPSA) is 173 Å². The Kier molecular flexibility index (Phi) is 9.68. The Morgan fingerprint density at radius 3 is 2.47 bits per heavy atom. The van der Waals surface area contributed by atoms with Gasteiger partial charge in [-0.15, -0.1) is 0 Å². The van der Waals surface area contributed by atoms with Gasteiger partial charge in [0.05, 0.1) is 15.4 Å². The van der Waals surface area contributed by atoms with Gasteiger partial charge in [-0.2, -0.15) is 8.42 Å². The second-order valence-electron chi connectivity index (χ2n) is 15.5. The van der Waals surface area contributed by atoms with Gasteiger partial charge in [-0.3, -0.25) is 33.5 Å². The third kappa shape index (κ3) is 6.22. The zero-order chi connectivity index (χ0) is 38.2. The number of carbonyl (C=O) groups is 3. The number of benzene rings is 2. The molecule has 0 bridgehead atoms. The number of nitrogens with zero attached hydrogens (tertiary/aromatic N) is 3. The highest BCUT2D eigenvalue weighted by molar-refractivity contribution is 9.10. The molecule has 13 nitrogen and oxygen atoms in total. The molecule has 2 aromatic carbocycles. The Balaban J connectivity index is 0.000000379. The molecule has 5 aliphatic rings. The summed E-state index contributed by atoms with van der Waals surface area (Å²) in [6, 6.07) is 12.2. The molecule has 1 aromatic heterocycles. The lowest BCUT2D eigenvalue weighted by atomic mass is 9.79. The van der Waals surface area contributed by atoms with E-state index < -0.39 is 51.6 Å². The SMILES string of the molecule is CC(C)C[C@H]1C(=O)N2CCC[C@H]2[C@]2(O)O[C@](NC(=O)[C@@H]3C=C4c5cccc6[nH]c(Br)c(c56)C[C@H]4N(C)C3)(C(C)C)C(=O)N12.O=S(=O)(O)c1ccccc1. The molecule has 15 heteroatoms. The summed E-state index contributed by atoms with van der Waals surface area (Å²) in [4.78, 5) is 50.7. The van der Waals surface area contributed by atoms with Crippen LogP contribution in [0.3, 0.4) is 0 Å². The lowest BCUT2D eigenvalue weighted by Crippen LogP contribution is -2.71. The Bertz CT molecular complexity index is 2100. The van der Waals surface area contributed by atoms with Gasteiger partial charge >= 0.3 is 0 Å². The van der Waals surface area contributed by atoms with Gasteiger partial charge < -0.3 is 20.3 Å². The highest BCUT2D eigenvalue weighted by atomic mass is 79.9. The summed E-state index contributed by atoms with van der Waals surface area (Å²) in [7, 11) is -1.98. The maximum absolute atomic E-state index is 14.4. The van der Waals surface area contributed by atoms with Gasteiger partial charge in [-0.25, -0.2) is 0 Å². The number of aromatic amines is 1. The van der Waals surface area contributed by atoms with E-state index in [1.807, 2.05) is 33.0 Å². The molecule has 0 unspecified atom stereocenters. The number of H-pyrrole nitrogens is 1. The van der Waals surface area contributed by atoms with Crippen LogP contribution in [0.15, 0.2) is 64.1 Å². The number of hydrogen-bond acceptors (Lipinski definition) is 8. The zero-order valence-corrected chi connectivity index (χ0v) is 32.8. The molecule has 8 rings (SSSR count). The second-order valence-corrected chi connectivity index (χ2v) is 17.7. The molecule has 3 fully saturated rings. The lowest BCUT2D eigenvalue weighted by Gasteiger charge is -2.49. The number of halogens is 1. The van der Waals surface area contributed by atoms with Crippen LogP contribution in [-0.4, -0.2) is 105 Å². The maximum atomic E-state index is 14.4. The van der Waals surface area contributed by atoms with Crippen molar-refractivity contribution < 1.29 is 37.2 Å². The van der Waals surface area contributed by atoms with Crippen LogP contribution in [-0.2, 0) is 35.7 Å². The number of hydrogen-bond donors (Lipinski definition) is 4. The number of amides is 3. The fraction of sp³-hybridized carbons (Fsp3) is 0.500. The van der Waals surface area contributed by atoms with Crippen LogP contribution < -0.4 is 5.32 Å². The van der Waals surface area contributed by atoms with Crippen LogP contribution in [0.4, 0.5) is 0 Å².